The van der Waals surface area contributed by atoms with Crippen LogP contribution in [0.4, 0.5) is 0 Å². The van der Waals surface area contributed by atoms with Crippen LogP contribution < -0.4 is 9.47 Å². The van der Waals surface area contributed by atoms with E-state index in [0.29, 0.717) is 22.6 Å². The number of hydrogen-bond acceptors (Lipinski definition) is 4. The molecular weight excluding hydrogens is 278 g/mol. The maximum atomic E-state index is 12.4. The Morgan fingerprint density at radius 3 is 2.41 bits per heavy atom. The van der Waals surface area contributed by atoms with E-state index in [2.05, 4.69) is 0 Å². The van der Waals surface area contributed by atoms with Gasteiger partial charge >= 0.3 is 0 Å². The molecule has 0 N–H and O–H groups in total. The number of ether oxygens (including phenoxy) is 2. The summed E-state index contributed by atoms with van der Waals surface area (Å²) in [7, 11) is 1.50. The minimum Gasteiger partial charge on any atom is -0.493 e. The molecule has 2 aromatic carbocycles. The van der Waals surface area contributed by atoms with Crippen molar-refractivity contribution in [2.75, 3.05) is 7.11 Å². The first-order valence-corrected chi connectivity index (χ1v) is 6.91. The molecule has 0 unspecified atom stereocenters. The summed E-state index contributed by atoms with van der Waals surface area (Å²) in [5.41, 5.74) is 2.17. The van der Waals surface area contributed by atoms with Gasteiger partial charge in [-0.05, 0) is 26.0 Å². The van der Waals surface area contributed by atoms with Crippen LogP contribution in [0.1, 0.15) is 28.4 Å². The molecule has 0 aromatic heterocycles. The van der Waals surface area contributed by atoms with E-state index in [1.807, 2.05) is 25.1 Å². The summed E-state index contributed by atoms with van der Waals surface area (Å²) < 4.78 is 10.9. The van der Waals surface area contributed by atoms with Crippen molar-refractivity contribution in [2.45, 2.75) is 20.0 Å². The van der Waals surface area contributed by atoms with Crippen molar-refractivity contribution >= 4 is 5.78 Å². The normalized spacial score (nSPS) is 11.4. The van der Waals surface area contributed by atoms with E-state index >= 15 is 0 Å². The van der Waals surface area contributed by atoms with Gasteiger partial charge in [-0.1, -0.05) is 29.8 Å². The second-order valence-corrected chi connectivity index (χ2v) is 4.97. The van der Waals surface area contributed by atoms with Crippen molar-refractivity contribution in [3.63, 3.8) is 0 Å². The standard InChI is InChI=1S/C18H17NO3/c1-12-4-7-15(8-5-12)18(20)13(2)22-16-9-6-14(11-19)10-17(16)21-3/h4-10,13H,1-3H3/t13-/m1/s1. The van der Waals surface area contributed by atoms with Gasteiger partial charge in [-0.3, -0.25) is 4.79 Å². The summed E-state index contributed by atoms with van der Waals surface area (Å²) in [4.78, 5) is 12.4. The lowest BCUT2D eigenvalue weighted by atomic mass is 10.1. The SMILES string of the molecule is COc1cc(C#N)ccc1O[C@H](C)C(=O)c1ccc(C)cc1. The van der Waals surface area contributed by atoms with Crippen molar-refractivity contribution in [2.24, 2.45) is 0 Å². The zero-order valence-electron chi connectivity index (χ0n) is 12.8. The molecule has 0 spiro atoms. The summed E-state index contributed by atoms with van der Waals surface area (Å²) in [6.07, 6.45) is -0.649. The molecule has 0 aliphatic carbocycles. The minimum absolute atomic E-state index is 0.105. The molecule has 0 heterocycles. The van der Waals surface area contributed by atoms with Gasteiger partial charge in [-0.2, -0.15) is 5.26 Å². The number of nitriles is 1. The van der Waals surface area contributed by atoms with E-state index in [1.165, 1.54) is 7.11 Å². The van der Waals surface area contributed by atoms with Gasteiger partial charge in [0.25, 0.3) is 0 Å². The summed E-state index contributed by atoms with van der Waals surface area (Å²) in [5, 5.41) is 8.89. The Hall–Kier alpha value is -2.80. The second-order valence-electron chi connectivity index (χ2n) is 4.97. The fraction of sp³-hybridized carbons (Fsp3) is 0.222. The average molecular weight is 295 g/mol. The van der Waals surface area contributed by atoms with E-state index in [9.17, 15) is 4.79 Å². The van der Waals surface area contributed by atoms with E-state index < -0.39 is 6.10 Å². The summed E-state index contributed by atoms with van der Waals surface area (Å²) in [5.74, 6) is 0.767. The highest BCUT2D eigenvalue weighted by atomic mass is 16.5. The zero-order valence-corrected chi connectivity index (χ0v) is 12.8. The number of ketones is 1. The van der Waals surface area contributed by atoms with Gasteiger partial charge in [0.2, 0.25) is 5.78 Å². The third kappa shape index (κ3) is 3.44. The lowest BCUT2D eigenvalue weighted by Crippen LogP contribution is -2.24. The van der Waals surface area contributed by atoms with E-state index in [4.69, 9.17) is 14.7 Å². The molecule has 0 radical (unpaired) electrons. The van der Waals surface area contributed by atoms with Crippen LogP contribution in [0.3, 0.4) is 0 Å². The highest BCUT2D eigenvalue weighted by Crippen LogP contribution is 2.29. The molecule has 2 rings (SSSR count). The fourth-order valence-corrected chi connectivity index (χ4v) is 2.03. The molecular formula is C18H17NO3. The van der Waals surface area contributed by atoms with Crippen LogP contribution in [-0.4, -0.2) is 19.0 Å². The monoisotopic (exact) mass is 295 g/mol. The highest BCUT2D eigenvalue weighted by Gasteiger charge is 2.18. The number of benzene rings is 2. The summed E-state index contributed by atoms with van der Waals surface area (Å²) in [6.45, 7) is 3.66. The van der Waals surface area contributed by atoms with Crippen molar-refractivity contribution < 1.29 is 14.3 Å². The molecule has 22 heavy (non-hydrogen) atoms. The molecule has 0 aliphatic heterocycles. The smallest absolute Gasteiger partial charge is 0.202 e. The number of methoxy groups -OCH3 is 1. The Morgan fingerprint density at radius 2 is 1.82 bits per heavy atom. The first-order valence-electron chi connectivity index (χ1n) is 6.91. The Bertz CT molecular complexity index is 714. The molecule has 0 saturated carbocycles. The maximum absolute atomic E-state index is 12.4. The molecule has 4 nitrogen and oxygen atoms in total. The number of carbonyl (C=O) groups is 1. The molecule has 0 fully saturated rings. The molecule has 0 bridgehead atoms. The van der Waals surface area contributed by atoms with Gasteiger partial charge in [-0.15, -0.1) is 0 Å². The van der Waals surface area contributed by atoms with E-state index in [-0.39, 0.29) is 5.78 Å². The maximum Gasteiger partial charge on any atom is 0.202 e. The fourth-order valence-electron chi connectivity index (χ4n) is 2.03. The van der Waals surface area contributed by atoms with Gasteiger partial charge in [0.15, 0.2) is 17.6 Å². The van der Waals surface area contributed by atoms with Gasteiger partial charge in [0.05, 0.1) is 18.7 Å². The summed E-state index contributed by atoms with van der Waals surface area (Å²) in [6, 6.07) is 14.2. The molecule has 1 atom stereocenters. The third-order valence-electron chi connectivity index (χ3n) is 3.30. The molecule has 0 aliphatic rings. The molecule has 2 aromatic rings. The van der Waals surface area contributed by atoms with Crippen molar-refractivity contribution in [1.29, 1.82) is 5.26 Å². The minimum atomic E-state index is -0.649. The van der Waals surface area contributed by atoms with E-state index in [0.717, 1.165) is 5.56 Å². The molecule has 112 valence electrons. The largest absolute Gasteiger partial charge is 0.493 e. The third-order valence-corrected chi connectivity index (χ3v) is 3.30. The van der Waals surface area contributed by atoms with Crippen LogP contribution in [-0.2, 0) is 0 Å². The first kappa shape index (κ1) is 15.6. The predicted octanol–water partition coefficient (Wildman–Crippen LogP) is 3.53. The number of carbonyl (C=O) groups excluding carboxylic acids is 1. The number of rotatable bonds is 5. The van der Waals surface area contributed by atoms with Crippen molar-refractivity contribution in [1.82, 2.24) is 0 Å². The highest BCUT2D eigenvalue weighted by molar-refractivity contribution is 5.99. The molecule has 0 saturated heterocycles. The number of nitrogens with zero attached hydrogens (tertiary/aromatic N) is 1. The van der Waals surface area contributed by atoms with E-state index in [1.54, 1.807) is 37.3 Å². The van der Waals surface area contributed by atoms with Gasteiger partial charge in [-0.25, -0.2) is 0 Å². The van der Waals surface area contributed by atoms with Crippen LogP contribution in [0.15, 0.2) is 42.5 Å². The Labute approximate surface area is 129 Å². The Morgan fingerprint density at radius 1 is 1.14 bits per heavy atom. The zero-order chi connectivity index (χ0) is 16.1. The lowest BCUT2D eigenvalue weighted by molar-refractivity contribution is 0.0814. The quantitative estimate of drug-likeness (QED) is 0.792. The molecule has 0 amide bonds. The Balaban J connectivity index is 2.18. The lowest BCUT2D eigenvalue weighted by Gasteiger charge is -2.16. The Kier molecular flexibility index (Phi) is 4.80. The number of Topliss-reactive ketones (excluding diaryl/α,β-unsaturated/α-hetero) is 1. The average Bonchev–Trinajstić information content (AvgIpc) is 2.55. The molecule has 4 heteroatoms. The van der Waals surface area contributed by atoms with Crippen molar-refractivity contribution in [3.8, 4) is 17.6 Å². The van der Waals surface area contributed by atoms with Gasteiger partial charge in [0.1, 0.15) is 0 Å². The number of aryl methyl sites for hydroxylation is 1. The van der Waals surface area contributed by atoms with Crippen LogP contribution in [0.5, 0.6) is 11.5 Å². The number of hydrogen-bond donors (Lipinski definition) is 0. The second kappa shape index (κ2) is 6.77. The topological polar surface area (TPSA) is 59.3 Å². The van der Waals surface area contributed by atoms with Crippen LogP contribution in [0.2, 0.25) is 0 Å². The van der Waals surface area contributed by atoms with Crippen LogP contribution in [0.25, 0.3) is 0 Å². The summed E-state index contributed by atoms with van der Waals surface area (Å²) >= 11 is 0. The predicted molar refractivity (Wildman–Crippen MR) is 83.3 cm³/mol. The van der Waals surface area contributed by atoms with Gasteiger partial charge in [0, 0.05) is 11.6 Å². The van der Waals surface area contributed by atoms with Crippen molar-refractivity contribution in [3.05, 3.63) is 59.2 Å². The van der Waals surface area contributed by atoms with Crippen LogP contribution >= 0.6 is 0 Å². The first-order chi connectivity index (χ1) is 10.5. The van der Waals surface area contributed by atoms with Crippen LogP contribution in [0, 0.1) is 18.3 Å². The van der Waals surface area contributed by atoms with Gasteiger partial charge < -0.3 is 9.47 Å².